The average molecular weight is 263 g/mol. The van der Waals surface area contributed by atoms with E-state index in [0.717, 1.165) is 19.3 Å². The van der Waals surface area contributed by atoms with Gasteiger partial charge in [-0.1, -0.05) is 0 Å². The lowest BCUT2D eigenvalue weighted by Gasteiger charge is -2.34. The monoisotopic (exact) mass is 263 g/mol. The van der Waals surface area contributed by atoms with Crippen LogP contribution in [-0.4, -0.2) is 41.9 Å². The van der Waals surface area contributed by atoms with Gasteiger partial charge in [-0.2, -0.15) is 0 Å². The molecule has 0 spiro atoms. The number of amides is 1. The number of fused-ring (bicyclic) bond motifs is 1. The second kappa shape index (κ2) is 5.09. The smallest absolute Gasteiger partial charge is 0.254 e. The highest BCUT2D eigenvalue weighted by molar-refractivity contribution is 5.95. The molecule has 2 heterocycles. The third-order valence-electron chi connectivity index (χ3n) is 3.72. The van der Waals surface area contributed by atoms with Crippen molar-refractivity contribution in [3.8, 4) is 11.5 Å². The first-order valence-corrected chi connectivity index (χ1v) is 6.61. The fourth-order valence-corrected chi connectivity index (χ4v) is 2.65. The van der Waals surface area contributed by atoms with Gasteiger partial charge in [0.2, 0.25) is 6.79 Å². The zero-order valence-electron chi connectivity index (χ0n) is 10.7. The minimum absolute atomic E-state index is 0.0241. The van der Waals surface area contributed by atoms with Crippen molar-refractivity contribution < 1.29 is 19.4 Å². The van der Waals surface area contributed by atoms with Gasteiger partial charge >= 0.3 is 0 Å². The summed E-state index contributed by atoms with van der Waals surface area (Å²) in [5, 5.41) is 9.37. The molecule has 5 nitrogen and oxygen atoms in total. The van der Waals surface area contributed by atoms with Crippen molar-refractivity contribution in [1.29, 1.82) is 0 Å². The lowest BCUT2D eigenvalue weighted by Crippen LogP contribution is -2.45. The lowest BCUT2D eigenvalue weighted by atomic mass is 10.0. The van der Waals surface area contributed by atoms with Gasteiger partial charge in [-0.25, -0.2) is 0 Å². The highest BCUT2D eigenvalue weighted by Crippen LogP contribution is 2.33. The Kier molecular flexibility index (Phi) is 3.29. The normalized spacial score (nSPS) is 21.5. The topological polar surface area (TPSA) is 59.0 Å². The van der Waals surface area contributed by atoms with Crippen molar-refractivity contribution in [3.63, 3.8) is 0 Å². The Morgan fingerprint density at radius 2 is 2.16 bits per heavy atom. The number of hydrogen-bond acceptors (Lipinski definition) is 4. The average Bonchev–Trinajstić information content (AvgIpc) is 2.93. The number of ether oxygens (including phenoxy) is 2. The molecule has 1 atom stereocenters. The summed E-state index contributed by atoms with van der Waals surface area (Å²) in [5.74, 6) is 1.24. The van der Waals surface area contributed by atoms with Gasteiger partial charge in [0.25, 0.3) is 5.91 Å². The van der Waals surface area contributed by atoms with E-state index in [1.165, 1.54) is 0 Å². The zero-order valence-corrected chi connectivity index (χ0v) is 10.7. The van der Waals surface area contributed by atoms with Crippen LogP contribution in [-0.2, 0) is 0 Å². The van der Waals surface area contributed by atoms with Gasteiger partial charge in [0.15, 0.2) is 11.5 Å². The number of benzene rings is 1. The summed E-state index contributed by atoms with van der Waals surface area (Å²) in [7, 11) is 0. The van der Waals surface area contributed by atoms with Crippen molar-refractivity contribution in [1.82, 2.24) is 4.90 Å². The van der Waals surface area contributed by atoms with Crippen molar-refractivity contribution >= 4 is 5.91 Å². The van der Waals surface area contributed by atoms with E-state index in [1.807, 2.05) is 0 Å². The van der Waals surface area contributed by atoms with Crippen LogP contribution in [0.15, 0.2) is 18.2 Å². The van der Waals surface area contributed by atoms with Gasteiger partial charge in [0.1, 0.15) is 0 Å². The Bertz CT molecular complexity index is 488. The van der Waals surface area contributed by atoms with E-state index in [-0.39, 0.29) is 25.3 Å². The van der Waals surface area contributed by atoms with Gasteiger partial charge in [0, 0.05) is 12.1 Å². The van der Waals surface area contributed by atoms with Crippen molar-refractivity contribution in [3.05, 3.63) is 23.8 Å². The second-order valence-electron chi connectivity index (χ2n) is 4.90. The number of carbonyl (C=O) groups is 1. The van der Waals surface area contributed by atoms with Crippen LogP contribution in [0.5, 0.6) is 11.5 Å². The van der Waals surface area contributed by atoms with Crippen LogP contribution in [0.3, 0.4) is 0 Å². The molecule has 0 saturated carbocycles. The Labute approximate surface area is 111 Å². The fourth-order valence-electron chi connectivity index (χ4n) is 2.65. The first-order chi connectivity index (χ1) is 9.29. The number of aliphatic hydroxyl groups excluding tert-OH is 1. The van der Waals surface area contributed by atoms with Crippen LogP contribution in [0.2, 0.25) is 0 Å². The molecular weight excluding hydrogens is 246 g/mol. The van der Waals surface area contributed by atoms with Crippen molar-refractivity contribution in [2.24, 2.45) is 0 Å². The molecule has 2 aliphatic heterocycles. The van der Waals surface area contributed by atoms with Gasteiger partial charge in [-0.05, 0) is 37.5 Å². The Morgan fingerprint density at radius 3 is 3.00 bits per heavy atom. The number of rotatable bonds is 2. The fraction of sp³-hybridized carbons (Fsp3) is 0.500. The summed E-state index contributed by atoms with van der Waals surface area (Å²) >= 11 is 0. The minimum atomic E-state index is -0.0633. The highest BCUT2D eigenvalue weighted by atomic mass is 16.7. The summed E-state index contributed by atoms with van der Waals surface area (Å²) in [6.07, 6.45) is 2.93. The molecule has 19 heavy (non-hydrogen) atoms. The molecule has 1 aromatic carbocycles. The first kappa shape index (κ1) is 12.3. The van der Waals surface area contributed by atoms with Crippen LogP contribution in [0.1, 0.15) is 29.6 Å². The summed E-state index contributed by atoms with van der Waals surface area (Å²) in [6, 6.07) is 5.16. The Balaban J connectivity index is 1.82. The summed E-state index contributed by atoms with van der Waals surface area (Å²) < 4.78 is 10.5. The Hall–Kier alpha value is -1.75. The quantitative estimate of drug-likeness (QED) is 0.876. The SMILES string of the molecule is O=C(c1ccc2c(c1)OCO2)N1CCCC[C@H]1CO. The maximum Gasteiger partial charge on any atom is 0.254 e. The molecular formula is C14H17NO4. The van der Waals surface area contributed by atoms with Gasteiger partial charge in [-0.15, -0.1) is 0 Å². The van der Waals surface area contributed by atoms with Crippen LogP contribution in [0.25, 0.3) is 0 Å². The molecule has 1 fully saturated rings. The number of aliphatic hydroxyl groups is 1. The predicted molar refractivity (Wildman–Crippen MR) is 68.3 cm³/mol. The number of hydrogen-bond donors (Lipinski definition) is 1. The third-order valence-corrected chi connectivity index (χ3v) is 3.72. The van der Waals surface area contributed by atoms with Gasteiger partial charge in [0.05, 0.1) is 12.6 Å². The molecule has 102 valence electrons. The van der Waals surface area contributed by atoms with Crippen molar-refractivity contribution in [2.45, 2.75) is 25.3 Å². The third kappa shape index (κ3) is 2.26. The zero-order chi connectivity index (χ0) is 13.2. The van der Waals surface area contributed by atoms with Crippen LogP contribution >= 0.6 is 0 Å². The summed E-state index contributed by atoms with van der Waals surface area (Å²) in [6.45, 7) is 0.935. The molecule has 1 aromatic rings. The van der Waals surface area contributed by atoms with Gasteiger partial charge in [-0.3, -0.25) is 4.79 Å². The molecule has 0 aliphatic carbocycles. The molecule has 2 aliphatic rings. The maximum atomic E-state index is 12.5. The van der Waals surface area contributed by atoms with E-state index in [1.54, 1.807) is 23.1 Å². The molecule has 1 amide bonds. The lowest BCUT2D eigenvalue weighted by molar-refractivity contribution is 0.0502. The largest absolute Gasteiger partial charge is 0.454 e. The summed E-state index contributed by atoms with van der Waals surface area (Å²) in [5.41, 5.74) is 0.588. The molecule has 0 bridgehead atoms. The molecule has 1 N–H and O–H groups in total. The van der Waals surface area contributed by atoms with Crippen LogP contribution in [0.4, 0.5) is 0 Å². The van der Waals surface area contributed by atoms with E-state index in [2.05, 4.69) is 0 Å². The molecule has 5 heteroatoms. The maximum absolute atomic E-state index is 12.5. The number of piperidine rings is 1. The minimum Gasteiger partial charge on any atom is -0.454 e. The number of nitrogens with zero attached hydrogens (tertiary/aromatic N) is 1. The summed E-state index contributed by atoms with van der Waals surface area (Å²) in [4.78, 5) is 14.3. The van der Waals surface area contributed by atoms with Crippen LogP contribution < -0.4 is 9.47 Å². The molecule has 0 aromatic heterocycles. The predicted octanol–water partition coefficient (Wildman–Crippen LogP) is 1.40. The number of carbonyl (C=O) groups excluding carboxylic acids is 1. The van der Waals surface area contributed by atoms with E-state index in [9.17, 15) is 9.90 Å². The molecule has 0 radical (unpaired) electrons. The van der Waals surface area contributed by atoms with E-state index < -0.39 is 0 Å². The molecule has 1 saturated heterocycles. The van der Waals surface area contributed by atoms with E-state index >= 15 is 0 Å². The highest BCUT2D eigenvalue weighted by Gasteiger charge is 2.27. The second-order valence-corrected chi connectivity index (χ2v) is 4.90. The number of likely N-dealkylation sites (tertiary alicyclic amines) is 1. The van der Waals surface area contributed by atoms with E-state index in [4.69, 9.17) is 9.47 Å². The van der Waals surface area contributed by atoms with E-state index in [0.29, 0.717) is 23.6 Å². The first-order valence-electron chi connectivity index (χ1n) is 6.61. The van der Waals surface area contributed by atoms with Crippen LogP contribution in [0, 0.1) is 0 Å². The van der Waals surface area contributed by atoms with Crippen molar-refractivity contribution in [2.75, 3.05) is 19.9 Å². The standard InChI is InChI=1S/C14H17NO4/c16-8-11-3-1-2-6-15(11)14(17)10-4-5-12-13(7-10)19-9-18-12/h4-5,7,11,16H,1-3,6,8-9H2/t11-/m0/s1. The Morgan fingerprint density at radius 1 is 1.32 bits per heavy atom. The molecule has 3 rings (SSSR count). The van der Waals surface area contributed by atoms with Gasteiger partial charge < -0.3 is 19.5 Å². The molecule has 0 unspecified atom stereocenters.